The molecule has 18 heavy (non-hydrogen) atoms. The minimum atomic E-state index is -0.931. The summed E-state index contributed by atoms with van der Waals surface area (Å²) < 4.78 is 11.0. The van der Waals surface area contributed by atoms with E-state index in [0.717, 1.165) is 0 Å². The molecule has 0 aliphatic carbocycles. The Morgan fingerprint density at radius 3 is 2.28 bits per heavy atom. The highest BCUT2D eigenvalue weighted by atomic mass is 28.3. The number of nitrogens with one attached hydrogen (secondary N) is 1. The Bertz CT molecular complexity index is 337. The SMILES string of the molecule is CC(=O)O[C@H]1NC(=O)[C@@H]1C(O[Si](C)C)C(C)(C)C. The van der Waals surface area contributed by atoms with E-state index in [1.165, 1.54) is 6.92 Å². The van der Waals surface area contributed by atoms with E-state index in [1.807, 2.05) is 33.9 Å². The second-order valence-corrected chi connectivity index (χ2v) is 7.93. The zero-order valence-electron chi connectivity index (χ0n) is 11.9. The molecule has 5 nitrogen and oxygen atoms in total. The van der Waals surface area contributed by atoms with Crippen LogP contribution in [0.5, 0.6) is 0 Å². The fourth-order valence-electron chi connectivity index (χ4n) is 1.99. The highest BCUT2D eigenvalue weighted by Crippen LogP contribution is 2.35. The zero-order chi connectivity index (χ0) is 14.1. The summed E-state index contributed by atoms with van der Waals surface area (Å²) in [7, 11) is -0.931. The molecular formula is C12H22NO4Si. The lowest BCUT2D eigenvalue weighted by molar-refractivity contribution is -0.178. The van der Waals surface area contributed by atoms with Crippen LogP contribution in [0.4, 0.5) is 0 Å². The van der Waals surface area contributed by atoms with Gasteiger partial charge in [-0.25, -0.2) is 0 Å². The summed E-state index contributed by atoms with van der Waals surface area (Å²) >= 11 is 0. The first-order valence-corrected chi connectivity index (χ1v) is 8.48. The smallest absolute Gasteiger partial charge is 0.304 e. The molecule has 3 atom stereocenters. The summed E-state index contributed by atoms with van der Waals surface area (Å²) in [5.74, 6) is -0.908. The summed E-state index contributed by atoms with van der Waals surface area (Å²) in [6.07, 6.45) is -0.792. The van der Waals surface area contributed by atoms with Gasteiger partial charge in [-0.05, 0) is 18.5 Å². The fraction of sp³-hybridized carbons (Fsp3) is 0.833. The van der Waals surface area contributed by atoms with Gasteiger partial charge in [0.2, 0.25) is 14.9 Å². The van der Waals surface area contributed by atoms with Gasteiger partial charge in [-0.15, -0.1) is 0 Å². The molecule has 1 heterocycles. The lowest BCUT2D eigenvalue weighted by Gasteiger charge is -2.45. The average molecular weight is 272 g/mol. The molecule has 0 aromatic rings. The van der Waals surface area contributed by atoms with Crippen LogP contribution in [0.15, 0.2) is 0 Å². The van der Waals surface area contributed by atoms with Crippen LogP contribution >= 0.6 is 0 Å². The summed E-state index contributed by atoms with van der Waals surface area (Å²) in [6, 6.07) is 0. The summed E-state index contributed by atoms with van der Waals surface area (Å²) in [4.78, 5) is 22.7. The predicted molar refractivity (Wildman–Crippen MR) is 69.0 cm³/mol. The van der Waals surface area contributed by atoms with Gasteiger partial charge in [-0.3, -0.25) is 9.59 Å². The van der Waals surface area contributed by atoms with Gasteiger partial charge in [0, 0.05) is 6.92 Å². The minimum absolute atomic E-state index is 0.107. The minimum Gasteiger partial charge on any atom is -0.441 e. The molecule has 6 heteroatoms. The Morgan fingerprint density at radius 1 is 1.39 bits per heavy atom. The molecule has 1 aliphatic heterocycles. The van der Waals surface area contributed by atoms with Crippen molar-refractivity contribution in [3.8, 4) is 0 Å². The van der Waals surface area contributed by atoms with E-state index in [1.54, 1.807) is 0 Å². The average Bonchev–Trinajstić information content (AvgIpc) is 2.12. The van der Waals surface area contributed by atoms with Crippen molar-refractivity contribution in [1.29, 1.82) is 0 Å². The van der Waals surface area contributed by atoms with Crippen LogP contribution in [-0.4, -0.2) is 33.2 Å². The maximum atomic E-state index is 11.7. The van der Waals surface area contributed by atoms with Crippen LogP contribution in [0.25, 0.3) is 0 Å². The third-order valence-electron chi connectivity index (χ3n) is 2.75. The first kappa shape index (κ1) is 15.2. The standard InChI is InChI=1S/C12H22NO4Si/c1-7(14)16-11-8(10(15)13-11)9(12(2,3)4)17-18(5)6/h8-9,11H,1-6H3,(H,13,15)/t8-,9?,11+/m0/s1. The molecule has 103 valence electrons. The van der Waals surface area contributed by atoms with Crippen LogP contribution in [0.3, 0.4) is 0 Å². The molecule has 0 bridgehead atoms. The summed E-state index contributed by atoms with van der Waals surface area (Å²) in [6.45, 7) is 11.5. The second-order valence-electron chi connectivity index (χ2n) is 5.88. The number of carbonyl (C=O) groups is 2. The van der Waals surface area contributed by atoms with Gasteiger partial charge in [0.1, 0.15) is 5.92 Å². The van der Waals surface area contributed by atoms with Crippen molar-refractivity contribution in [2.75, 3.05) is 0 Å². The van der Waals surface area contributed by atoms with E-state index in [4.69, 9.17) is 9.16 Å². The maximum Gasteiger partial charge on any atom is 0.304 e. The number of esters is 1. The van der Waals surface area contributed by atoms with Gasteiger partial charge >= 0.3 is 5.97 Å². The number of β-lactam (4-membered cyclic amide) rings is 1. The number of amides is 1. The molecule has 0 aromatic heterocycles. The highest BCUT2D eigenvalue weighted by molar-refractivity contribution is 6.48. The van der Waals surface area contributed by atoms with Crippen molar-refractivity contribution >= 4 is 20.9 Å². The van der Waals surface area contributed by atoms with Crippen LogP contribution in [0.2, 0.25) is 13.1 Å². The van der Waals surface area contributed by atoms with Crippen molar-refractivity contribution in [2.24, 2.45) is 11.3 Å². The molecule has 1 radical (unpaired) electrons. The van der Waals surface area contributed by atoms with E-state index in [9.17, 15) is 9.59 Å². The molecule has 1 aliphatic rings. The third-order valence-corrected chi connectivity index (χ3v) is 3.47. The largest absolute Gasteiger partial charge is 0.441 e. The molecular weight excluding hydrogens is 250 g/mol. The Labute approximate surface area is 110 Å². The number of hydrogen-bond acceptors (Lipinski definition) is 4. The predicted octanol–water partition coefficient (Wildman–Crippen LogP) is 1.30. The van der Waals surface area contributed by atoms with Gasteiger partial charge in [0.15, 0.2) is 6.23 Å². The summed E-state index contributed by atoms with van der Waals surface area (Å²) in [5.41, 5.74) is -0.178. The van der Waals surface area contributed by atoms with Gasteiger partial charge in [0.05, 0.1) is 6.10 Å². The van der Waals surface area contributed by atoms with Gasteiger partial charge in [-0.2, -0.15) is 0 Å². The Morgan fingerprint density at radius 2 is 1.94 bits per heavy atom. The first-order chi connectivity index (χ1) is 8.12. The molecule has 1 saturated heterocycles. The van der Waals surface area contributed by atoms with E-state index in [0.29, 0.717) is 0 Å². The normalized spacial score (nSPS) is 25.4. The lowest BCUT2D eigenvalue weighted by atomic mass is 9.77. The van der Waals surface area contributed by atoms with Crippen molar-refractivity contribution in [1.82, 2.24) is 5.32 Å². The quantitative estimate of drug-likeness (QED) is 0.476. The highest BCUT2D eigenvalue weighted by Gasteiger charge is 2.51. The molecule has 1 amide bonds. The van der Waals surface area contributed by atoms with Crippen molar-refractivity contribution in [3.63, 3.8) is 0 Å². The molecule has 0 aromatic carbocycles. The van der Waals surface area contributed by atoms with E-state index in [2.05, 4.69) is 5.32 Å². The van der Waals surface area contributed by atoms with Crippen LogP contribution < -0.4 is 5.32 Å². The number of carbonyl (C=O) groups excluding carboxylic acids is 2. The van der Waals surface area contributed by atoms with Crippen molar-refractivity contribution in [2.45, 2.75) is 53.1 Å². The Hall–Kier alpha value is -0.883. The van der Waals surface area contributed by atoms with E-state index in [-0.39, 0.29) is 17.4 Å². The topological polar surface area (TPSA) is 64.6 Å². The van der Waals surface area contributed by atoms with Crippen LogP contribution in [0, 0.1) is 11.3 Å². The molecule has 1 rings (SSSR count). The molecule has 1 unspecified atom stereocenters. The van der Waals surface area contributed by atoms with E-state index >= 15 is 0 Å². The summed E-state index contributed by atoms with van der Waals surface area (Å²) in [5, 5.41) is 2.60. The number of hydrogen-bond donors (Lipinski definition) is 1. The van der Waals surface area contributed by atoms with E-state index < -0.39 is 27.2 Å². The lowest BCUT2D eigenvalue weighted by Crippen LogP contribution is -2.66. The Kier molecular flexibility index (Phi) is 4.55. The molecule has 0 spiro atoms. The third kappa shape index (κ3) is 3.55. The molecule has 0 saturated carbocycles. The monoisotopic (exact) mass is 272 g/mol. The fourth-order valence-corrected chi connectivity index (χ4v) is 3.00. The van der Waals surface area contributed by atoms with Crippen LogP contribution in [-0.2, 0) is 18.8 Å². The van der Waals surface area contributed by atoms with Gasteiger partial charge in [-0.1, -0.05) is 20.8 Å². The Balaban J connectivity index is 2.83. The second kappa shape index (κ2) is 5.40. The molecule has 1 fully saturated rings. The number of ether oxygens (including phenoxy) is 1. The van der Waals surface area contributed by atoms with Gasteiger partial charge < -0.3 is 14.5 Å². The zero-order valence-corrected chi connectivity index (χ0v) is 12.9. The van der Waals surface area contributed by atoms with Gasteiger partial charge in [0.25, 0.3) is 0 Å². The van der Waals surface area contributed by atoms with Crippen molar-refractivity contribution < 1.29 is 18.8 Å². The van der Waals surface area contributed by atoms with Crippen molar-refractivity contribution in [3.05, 3.63) is 0 Å². The molecule has 1 N–H and O–H groups in total. The maximum absolute atomic E-state index is 11.7. The number of rotatable bonds is 4. The first-order valence-electron chi connectivity index (χ1n) is 6.07. The van der Waals surface area contributed by atoms with Crippen LogP contribution in [0.1, 0.15) is 27.7 Å².